The van der Waals surface area contributed by atoms with Crippen molar-refractivity contribution in [2.24, 2.45) is 28.8 Å². The molecule has 3 heterocycles. The van der Waals surface area contributed by atoms with Gasteiger partial charge in [0, 0.05) is 37.3 Å². The monoisotopic (exact) mass is 830 g/mol. The number of likely N-dealkylation sites (N-methyl/N-ethyl adjacent to an activating group) is 1. The van der Waals surface area contributed by atoms with Crippen LogP contribution in [0.5, 0.6) is 0 Å². The molecule has 330 valence electrons. The van der Waals surface area contributed by atoms with Crippen LogP contribution in [-0.2, 0) is 48.3 Å². The molecule has 0 aromatic heterocycles. The fourth-order valence-corrected chi connectivity index (χ4v) is 8.41. The van der Waals surface area contributed by atoms with Crippen molar-refractivity contribution in [1.82, 2.24) is 4.90 Å². The summed E-state index contributed by atoms with van der Waals surface area (Å²) in [5.41, 5.74) is -4.84. The lowest BCUT2D eigenvalue weighted by Crippen LogP contribution is -2.61. The minimum Gasteiger partial charge on any atom is -0.459 e. The molecule has 0 radical (unpaired) electrons. The lowest BCUT2D eigenvalue weighted by molar-refractivity contribution is -0.318. The molecular weight excluding hydrogens is 760 g/mol. The maximum absolute atomic E-state index is 14.1. The predicted octanol–water partition coefficient (Wildman–Crippen LogP) is 0.534. The standard InChI is InChI=1S/C37H67NO13.H3NO3S/c1-14-25-37(10,45)30(41)20(4)27(39)18(2)16-35(8,44)32(51-34-28(40)24(38(11)12)15-19(3)47-34)21(5)29(22(6)33(43)49-25)50-26-17-36(9,46-13)31(42)23(7)48-26;1-5(2,3)4/h18-26,28-32,34,40-42,44-45H,14-17H2,1-13H3;(H3,1,2,3,4)/t18-,19-,20+,21+,22-,23+,24+,25-,26+,28-,29+,30-,31+,32-,34+,35-,36-,37-;/m1./s1. The van der Waals surface area contributed by atoms with Crippen molar-refractivity contribution in [3.63, 3.8) is 0 Å². The number of aliphatic hydroxyl groups is 5. The van der Waals surface area contributed by atoms with Crippen LogP contribution in [0.3, 0.4) is 0 Å². The Balaban J connectivity index is 0.00000203. The van der Waals surface area contributed by atoms with Crippen LogP contribution >= 0.6 is 0 Å². The highest BCUT2D eigenvalue weighted by molar-refractivity contribution is 7.83. The first-order valence-corrected chi connectivity index (χ1v) is 20.7. The average molecular weight is 831 g/mol. The first kappa shape index (κ1) is 50.7. The maximum Gasteiger partial charge on any atom is 0.330 e. The molecule has 0 aliphatic carbocycles. The van der Waals surface area contributed by atoms with Gasteiger partial charge in [0.25, 0.3) is 0 Å². The molecule has 0 aromatic carbocycles. The molecule has 19 heteroatoms. The largest absolute Gasteiger partial charge is 0.459 e. The summed E-state index contributed by atoms with van der Waals surface area (Å²) in [6.45, 7) is 16.3. The van der Waals surface area contributed by atoms with Crippen LogP contribution in [0, 0.1) is 23.7 Å². The number of esters is 1. The Bertz CT molecular complexity index is 1390. The van der Waals surface area contributed by atoms with E-state index in [0.717, 1.165) is 0 Å². The molecular formula is C37H70N2O16S. The summed E-state index contributed by atoms with van der Waals surface area (Å²) >= 11 is 0. The van der Waals surface area contributed by atoms with Crippen molar-refractivity contribution in [2.45, 2.75) is 179 Å². The van der Waals surface area contributed by atoms with Gasteiger partial charge in [-0.25, -0.2) is 5.14 Å². The quantitative estimate of drug-likeness (QED) is 0.136. The number of methoxy groups -OCH3 is 1. The number of rotatable bonds is 7. The molecule has 18 atom stereocenters. The Labute approximate surface area is 332 Å². The molecule has 3 aliphatic heterocycles. The fourth-order valence-electron chi connectivity index (χ4n) is 8.41. The second-order valence-corrected chi connectivity index (χ2v) is 18.0. The highest BCUT2D eigenvalue weighted by atomic mass is 32.2. The number of aliphatic hydroxyl groups excluding tert-OH is 3. The van der Waals surface area contributed by atoms with E-state index in [9.17, 15) is 35.1 Å². The number of carbonyl (C=O) groups is 2. The molecule has 0 amide bonds. The van der Waals surface area contributed by atoms with Gasteiger partial charge >= 0.3 is 16.3 Å². The van der Waals surface area contributed by atoms with E-state index in [2.05, 4.69) is 5.14 Å². The van der Waals surface area contributed by atoms with Gasteiger partial charge in [-0.2, -0.15) is 8.42 Å². The van der Waals surface area contributed by atoms with E-state index < -0.39 is 118 Å². The smallest absolute Gasteiger partial charge is 0.330 e. The Morgan fingerprint density at radius 3 is 1.96 bits per heavy atom. The number of hydrogen-bond donors (Lipinski definition) is 7. The van der Waals surface area contributed by atoms with Gasteiger partial charge in [-0.15, -0.1) is 0 Å². The summed E-state index contributed by atoms with van der Waals surface area (Å²) in [4.78, 5) is 29.8. The van der Waals surface area contributed by atoms with Gasteiger partial charge in [0.15, 0.2) is 12.6 Å². The summed E-state index contributed by atoms with van der Waals surface area (Å²) in [6.07, 6.45) is -9.71. The predicted molar refractivity (Wildman–Crippen MR) is 202 cm³/mol. The molecule has 18 nitrogen and oxygen atoms in total. The van der Waals surface area contributed by atoms with Crippen LogP contribution in [0.25, 0.3) is 0 Å². The zero-order chi connectivity index (χ0) is 43.5. The third kappa shape index (κ3) is 12.5. The zero-order valence-electron chi connectivity index (χ0n) is 35.2. The summed E-state index contributed by atoms with van der Waals surface area (Å²) < 4.78 is 62.3. The van der Waals surface area contributed by atoms with Gasteiger partial charge < -0.3 is 58.9 Å². The van der Waals surface area contributed by atoms with Crippen molar-refractivity contribution in [1.29, 1.82) is 0 Å². The number of ether oxygens (including phenoxy) is 6. The Morgan fingerprint density at radius 2 is 1.46 bits per heavy atom. The summed E-state index contributed by atoms with van der Waals surface area (Å²) in [6, 6.07) is -0.324. The van der Waals surface area contributed by atoms with Crippen LogP contribution in [-0.4, -0.2) is 161 Å². The van der Waals surface area contributed by atoms with Crippen LogP contribution in [0.4, 0.5) is 0 Å². The minimum absolute atomic E-state index is 0.0936. The van der Waals surface area contributed by atoms with E-state index in [1.54, 1.807) is 41.5 Å². The van der Waals surface area contributed by atoms with Crippen molar-refractivity contribution < 1.29 is 76.5 Å². The molecule has 3 saturated heterocycles. The number of ketones is 1. The van der Waals surface area contributed by atoms with E-state index in [4.69, 9.17) is 41.4 Å². The highest BCUT2D eigenvalue weighted by Gasteiger charge is 2.53. The maximum atomic E-state index is 14.1. The van der Waals surface area contributed by atoms with Crippen LogP contribution < -0.4 is 5.14 Å². The summed E-state index contributed by atoms with van der Waals surface area (Å²) in [5.74, 6) is -4.98. The molecule has 3 fully saturated rings. The van der Waals surface area contributed by atoms with Crippen molar-refractivity contribution in [3.8, 4) is 0 Å². The second kappa shape index (κ2) is 19.8. The molecule has 0 spiro atoms. The van der Waals surface area contributed by atoms with Crippen LogP contribution in [0.15, 0.2) is 0 Å². The van der Waals surface area contributed by atoms with Gasteiger partial charge in [-0.05, 0) is 74.9 Å². The third-order valence-corrected chi connectivity index (χ3v) is 11.8. The summed E-state index contributed by atoms with van der Waals surface area (Å²) in [7, 11) is 1.01. The molecule has 0 saturated carbocycles. The highest BCUT2D eigenvalue weighted by Crippen LogP contribution is 2.40. The van der Waals surface area contributed by atoms with Gasteiger partial charge in [0.1, 0.15) is 29.7 Å². The van der Waals surface area contributed by atoms with E-state index in [1.807, 2.05) is 25.9 Å². The number of cyclic esters (lactones) is 1. The Morgan fingerprint density at radius 1 is 0.911 bits per heavy atom. The van der Waals surface area contributed by atoms with Gasteiger partial charge in [-0.1, -0.05) is 27.7 Å². The molecule has 3 rings (SSSR count). The molecule has 56 heavy (non-hydrogen) atoms. The SMILES string of the molecule is CC[C@H]1OC(=O)[C@H](C)[C@@H](O[C@H]2C[C@@](C)(OC)[C@@H](O)[C@H](C)O2)[C@H](C)[C@@H](O[C@@H]2O[C@H](C)C[C@H](N(C)C)[C@H]2O)[C@](C)(O)C[C@@H](C)C(=O)[C@H](C)[C@@H](O)[C@]1(C)O.NS(=O)(=O)O. The lowest BCUT2D eigenvalue weighted by Gasteiger charge is -2.49. The van der Waals surface area contributed by atoms with Gasteiger partial charge in [-0.3, -0.25) is 14.1 Å². The molecule has 3 aliphatic rings. The topological polar surface area (TPSA) is 274 Å². The Hall–Kier alpha value is -1.43. The average Bonchev–Trinajstić information content (AvgIpc) is 3.08. The van der Waals surface area contributed by atoms with E-state index in [0.29, 0.717) is 6.42 Å². The van der Waals surface area contributed by atoms with Crippen molar-refractivity contribution in [3.05, 3.63) is 0 Å². The first-order valence-electron chi connectivity index (χ1n) is 19.2. The van der Waals surface area contributed by atoms with Crippen molar-refractivity contribution in [2.75, 3.05) is 21.2 Å². The van der Waals surface area contributed by atoms with Gasteiger partial charge in [0.05, 0.1) is 47.6 Å². The van der Waals surface area contributed by atoms with Crippen LogP contribution in [0.2, 0.25) is 0 Å². The second-order valence-electron chi connectivity index (χ2n) is 17.0. The molecule has 8 N–H and O–H groups in total. The zero-order valence-corrected chi connectivity index (χ0v) is 36.0. The van der Waals surface area contributed by atoms with E-state index >= 15 is 0 Å². The molecule has 0 unspecified atom stereocenters. The fraction of sp³-hybridized carbons (Fsp3) is 0.946. The first-order chi connectivity index (χ1) is 25.4. The number of nitrogens with two attached hydrogens (primary N) is 1. The number of carbonyl (C=O) groups excluding carboxylic acids is 2. The minimum atomic E-state index is -4.17. The van der Waals surface area contributed by atoms with Crippen molar-refractivity contribution >= 4 is 22.1 Å². The summed E-state index contributed by atoms with van der Waals surface area (Å²) in [5, 5.41) is 61.5. The lowest BCUT2D eigenvalue weighted by atomic mass is 9.74. The molecule has 0 bridgehead atoms. The molecule has 0 aromatic rings. The normalized spacial score (nSPS) is 46.3. The van der Waals surface area contributed by atoms with E-state index in [-0.39, 0.29) is 31.4 Å². The number of nitrogens with zero attached hydrogens (tertiary/aromatic N) is 1. The van der Waals surface area contributed by atoms with Crippen LogP contribution in [0.1, 0.15) is 94.9 Å². The van der Waals surface area contributed by atoms with E-state index in [1.165, 1.54) is 27.9 Å². The number of hydrogen-bond acceptors (Lipinski definition) is 16. The van der Waals surface area contributed by atoms with Gasteiger partial charge in [0.2, 0.25) is 0 Å². The number of Topliss-reactive ketones (excluding diaryl/α,β-unsaturated/α-hetero) is 1. The Kier molecular flexibility index (Phi) is 17.9. The third-order valence-electron chi connectivity index (χ3n) is 11.8.